The van der Waals surface area contributed by atoms with Crippen molar-refractivity contribution in [3.63, 3.8) is 0 Å². The molecule has 0 aliphatic heterocycles. The summed E-state index contributed by atoms with van der Waals surface area (Å²) in [6.45, 7) is 7.37. The topological polar surface area (TPSA) is 42.3 Å². The first kappa shape index (κ1) is 13.6. The Bertz CT molecular complexity index is 361. The molecule has 1 rings (SSSR count). The molecule has 0 fully saturated rings. The quantitative estimate of drug-likeness (QED) is 0.606. The molecule has 0 aromatic heterocycles. The van der Waals surface area contributed by atoms with Crippen molar-refractivity contribution in [1.82, 2.24) is 0 Å². The average Bonchev–Trinajstić information content (AvgIpc) is 2.29. The van der Waals surface area contributed by atoms with E-state index in [-0.39, 0.29) is 5.90 Å². The van der Waals surface area contributed by atoms with Crippen LogP contribution in [-0.4, -0.2) is 19.1 Å². The minimum absolute atomic E-state index is 0.174. The molecule has 3 heteroatoms. The highest BCUT2D eigenvalue weighted by molar-refractivity contribution is 5.94. The van der Waals surface area contributed by atoms with Gasteiger partial charge in [0, 0.05) is 0 Å². The van der Waals surface area contributed by atoms with Crippen LogP contribution in [0.25, 0.3) is 0 Å². The van der Waals surface area contributed by atoms with Crippen LogP contribution in [0.5, 0.6) is 5.75 Å². The van der Waals surface area contributed by atoms with Crippen molar-refractivity contribution >= 4 is 5.90 Å². The number of para-hydroxylation sites is 1. The van der Waals surface area contributed by atoms with E-state index in [4.69, 9.17) is 14.9 Å². The predicted molar refractivity (Wildman–Crippen MR) is 69.8 cm³/mol. The van der Waals surface area contributed by atoms with E-state index in [0.717, 1.165) is 17.7 Å². The Balaban J connectivity index is 2.67. The zero-order valence-corrected chi connectivity index (χ0v) is 10.8. The molecule has 17 heavy (non-hydrogen) atoms. The molecule has 1 aromatic rings. The predicted octanol–water partition coefficient (Wildman–Crippen LogP) is 3.47. The van der Waals surface area contributed by atoms with Crippen molar-refractivity contribution < 1.29 is 9.47 Å². The molecule has 0 heterocycles. The Kier molecular flexibility index (Phi) is 5.53. The number of nitrogens with one attached hydrogen (secondary N) is 1. The molecule has 0 radical (unpaired) electrons. The fourth-order valence-electron chi connectivity index (χ4n) is 1.41. The molecular formula is C14H21NO2. The summed E-state index contributed by atoms with van der Waals surface area (Å²) < 4.78 is 10.9. The van der Waals surface area contributed by atoms with Crippen LogP contribution in [-0.2, 0) is 4.74 Å². The van der Waals surface area contributed by atoms with Gasteiger partial charge in [0.2, 0.25) is 5.90 Å². The summed E-state index contributed by atoms with van der Waals surface area (Å²) in [7, 11) is 0. The molecule has 3 nitrogen and oxygen atoms in total. The first-order valence-corrected chi connectivity index (χ1v) is 6.08. The van der Waals surface area contributed by atoms with Gasteiger partial charge in [-0.15, -0.1) is 0 Å². The number of hydrogen-bond acceptors (Lipinski definition) is 3. The second-order valence-electron chi connectivity index (χ2n) is 4.29. The van der Waals surface area contributed by atoms with E-state index < -0.39 is 0 Å². The molecule has 0 aliphatic carbocycles. The van der Waals surface area contributed by atoms with Gasteiger partial charge in [-0.2, -0.15) is 0 Å². The van der Waals surface area contributed by atoms with Crippen LogP contribution in [0.3, 0.4) is 0 Å². The molecular weight excluding hydrogens is 214 g/mol. The first-order chi connectivity index (χ1) is 8.15. The summed E-state index contributed by atoms with van der Waals surface area (Å²) in [6.07, 6.45) is 1.01. The van der Waals surface area contributed by atoms with E-state index in [1.54, 1.807) is 0 Å². The molecule has 0 atom stereocenters. The number of ether oxygens (including phenoxy) is 2. The van der Waals surface area contributed by atoms with E-state index >= 15 is 0 Å². The van der Waals surface area contributed by atoms with Gasteiger partial charge >= 0.3 is 0 Å². The summed E-state index contributed by atoms with van der Waals surface area (Å²) in [5.74, 6) is 1.52. The Labute approximate surface area is 103 Å². The lowest BCUT2D eigenvalue weighted by molar-refractivity contribution is 0.284. The number of rotatable bonds is 6. The summed E-state index contributed by atoms with van der Waals surface area (Å²) >= 11 is 0. The fraction of sp³-hybridized carbons (Fsp3) is 0.500. The third kappa shape index (κ3) is 4.47. The van der Waals surface area contributed by atoms with Crippen molar-refractivity contribution in [1.29, 1.82) is 5.41 Å². The lowest BCUT2D eigenvalue weighted by atomic mass is 10.1. The molecule has 0 amide bonds. The van der Waals surface area contributed by atoms with E-state index in [2.05, 4.69) is 13.8 Å². The average molecular weight is 235 g/mol. The Morgan fingerprint density at radius 3 is 2.65 bits per heavy atom. The number of hydrogen-bond donors (Lipinski definition) is 1. The van der Waals surface area contributed by atoms with Gasteiger partial charge in [-0.1, -0.05) is 26.0 Å². The van der Waals surface area contributed by atoms with Crippen molar-refractivity contribution in [3.05, 3.63) is 29.8 Å². The van der Waals surface area contributed by atoms with Gasteiger partial charge in [0.15, 0.2) is 0 Å². The van der Waals surface area contributed by atoms with Crippen molar-refractivity contribution in [2.75, 3.05) is 13.2 Å². The van der Waals surface area contributed by atoms with Gasteiger partial charge in [0.05, 0.1) is 18.8 Å². The molecule has 1 N–H and O–H groups in total. The highest BCUT2D eigenvalue weighted by Gasteiger charge is 2.09. The van der Waals surface area contributed by atoms with Gasteiger partial charge in [-0.05, 0) is 31.4 Å². The van der Waals surface area contributed by atoms with E-state index in [1.165, 1.54) is 0 Å². The van der Waals surface area contributed by atoms with Crippen LogP contribution in [0.15, 0.2) is 24.3 Å². The van der Waals surface area contributed by atoms with E-state index in [1.807, 2.05) is 31.2 Å². The SMILES string of the molecule is CCOC(=N)c1ccccc1OCCC(C)C. The molecule has 0 bridgehead atoms. The zero-order chi connectivity index (χ0) is 12.7. The smallest absolute Gasteiger partial charge is 0.217 e. The van der Waals surface area contributed by atoms with Gasteiger partial charge in [-0.3, -0.25) is 5.41 Å². The molecule has 0 aliphatic rings. The second-order valence-corrected chi connectivity index (χ2v) is 4.29. The third-order valence-corrected chi connectivity index (χ3v) is 2.37. The molecule has 0 saturated heterocycles. The summed E-state index contributed by atoms with van der Waals surface area (Å²) in [5, 5.41) is 7.79. The zero-order valence-electron chi connectivity index (χ0n) is 10.8. The maximum atomic E-state index is 7.79. The summed E-state index contributed by atoms with van der Waals surface area (Å²) in [6, 6.07) is 7.53. The fourth-order valence-corrected chi connectivity index (χ4v) is 1.41. The Morgan fingerprint density at radius 1 is 1.29 bits per heavy atom. The largest absolute Gasteiger partial charge is 0.493 e. The molecule has 1 aromatic carbocycles. The maximum Gasteiger partial charge on any atom is 0.217 e. The van der Waals surface area contributed by atoms with Gasteiger partial charge in [0.1, 0.15) is 5.75 Å². The molecule has 0 saturated carbocycles. The second kappa shape index (κ2) is 6.94. The number of benzene rings is 1. The summed E-state index contributed by atoms with van der Waals surface area (Å²) in [5.41, 5.74) is 0.720. The van der Waals surface area contributed by atoms with Crippen LogP contribution in [0.2, 0.25) is 0 Å². The van der Waals surface area contributed by atoms with Gasteiger partial charge in [-0.25, -0.2) is 0 Å². The lowest BCUT2D eigenvalue weighted by Gasteiger charge is -2.13. The van der Waals surface area contributed by atoms with Crippen molar-refractivity contribution in [3.8, 4) is 5.75 Å². The van der Waals surface area contributed by atoms with Crippen LogP contribution in [0, 0.1) is 11.3 Å². The van der Waals surface area contributed by atoms with Crippen LogP contribution < -0.4 is 4.74 Å². The molecule has 0 unspecified atom stereocenters. The minimum Gasteiger partial charge on any atom is -0.493 e. The monoisotopic (exact) mass is 235 g/mol. The van der Waals surface area contributed by atoms with Crippen molar-refractivity contribution in [2.24, 2.45) is 5.92 Å². The third-order valence-electron chi connectivity index (χ3n) is 2.37. The van der Waals surface area contributed by atoms with Crippen LogP contribution in [0.1, 0.15) is 32.8 Å². The highest BCUT2D eigenvalue weighted by atomic mass is 16.5. The maximum absolute atomic E-state index is 7.79. The van der Waals surface area contributed by atoms with E-state index in [9.17, 15) is 0 Å². The first-order valence-electron chi connectivity index (χ1n) is 6.08. The molecule has 94 valence electrons. The normalized spacial score (nSPS) is 10.4. The molecule has 0 spiro atoms. The summed E-state index contributed by atoms with van der Waals surface area (Å²) in [4.78, 5) is 0. The van der Waals surface area contributed by atoms with Gasteiger partial charge < -0.3 is 9.47 Å². The van der Waals surface area contributed by atoms with E-state index in [0.29, 0.717) is 19.1 Å². The highest BCUT2D eigenvalue weighted by Crippen LogP contribution is 2.19. The van der Waals surface area contributed by atoms with Crippen LogP contribution in [0.4, 0.5) is 0 Å². The lowest BCUT2D eigenvalue weighted by Crippen LogP contribution is -2.09. The Morgan fingerprint density at radius 2 is 2.00 bits per heavy atom. The van der Waals surface area contributed by atoms with Gasteiger partial charge in [0.25, 0.3) is 0 Å². The van der Waals surface area contributed by atoms with Crippen LogP contribution >= 0.6 is 0 Å². The van der Waals surface area contributed by atoms with Crippen molar-refractivity contribution in [2.45, 2.75) is 27.2 Å². The minimum atomic E-state index is 0.174. The Hall–Kier alpha value is -1.51. The standard InChI is InChI=1S/C14H21NO2/c1-4-16-14(15)12-7-5-6-8-13(12)17-10-9-11(2)3/h5-8,11,15H,4,9-10H2,1-3H3.